The predicted molar refractivity (Wildman–Crippen MR) is 100 cm³/mol. The fourth-order valence-corrected chi connectivity index (χ4v) is 3.33. The van der Waals surface area contributed by atoms with Gasteiger partial charge in [0.2, 0.25) is 0 Å². The van der Waals surface area contributed by atoms with Crippen LogP contribution in [0, 0.1) is 0 Å². The van der Waals surface area contributed by atoms with Gasteiger partial charge < -0.3 is 15.4 Å². The summed E-state index contributed by atoms with van der Waals surface area (Å²) in [5, 5.41) is 0.879. The third kappa shape index (κ3) is 3.95. The van der Waals surface area contributed by atoms with Gasteiger partial charge in [-0.3, -0.25) is 9.78 Å². The minimum absolute atomic E-state index is 0.0385. The molecule has 26 heavy (non-hydrogen) atoms. The summed E-state index contributed by atoms with van der Waals surface area (Å²) in [7, 11) is 0. The van der Waals surface area contributed by atoms with Crippen LogP contribution in [-0.4, -0.2) is 40.6 Å². The molecule has 0 saturated carbocycles. The quantitative estimate of drug-likeness (QED) is 0.894. The number of carbonyl (C=O) groups excluding carboxylic acids is 2. The Morgan fingerprint density at radius 3 is 2.69 bits per heavy atom. The van der Waals surface area contributed by atoms with Gasteiger partial charge in [-0.1, -0.05) is 18.2 Å². The number of pyridine rings is 1. The number of primary amides is 1. The third-order valence-electron chi connectivity index (χ3n) is 4.48. The van der Waals surface area contributed by atoms with Crippen molar-refractivity contribution in [3.05, 3.63) is 41.6 Å². The highest BCUT2D eigenvalue weighted by Crippen LogP contribution is 2.30. The van der Waals surface area contributed by atoms with Gasteiger partial charge in [-0.15, -0.1) is 0 Å². The number of hydrogen-bond acceptors (Lipinski definition) is 4. The van der Waals surface area contributed by atoms with E-state index in [9.17, 15) is 9.59 Å². The van der Waals surface area contributed by atoms with Crippen LogP contribution in [-0.2, 0) is 4.74 Å². The largest absolute Gasteiger partial charge is 0.444 e. The van der Waals surface area contributed by atoms with Crippen molar-refractivity contribution in [1.29, 1.82) is 0 Å². The molecule has 3 rings (SSSR count). The summed E-state index contributed by atoms with van der Waals surface area (Å²) >= 11 is 0. The van der Waals surface area contributed by atoms with Gasteiger partial charge in [0.25, 0.3) is 5.91 Å². The molecule has 1 aliphatic rings. The average Bonchev–Trinajstić information content (AvgIpc) is 2.59. The van der Waals surface area contributed by atoms with E-state index in [1.165, 1.54) is 0 Å². The second-order valence-electron chi connectivity index (χ2n) is 7.74. The number of piperidine rings is 1. The van der Waals surface area contributed by atoms with Crippen molar-refractivity contribution in [2.75, 3.05) is 13.1 Å². The number of para-hydroxylation sites is 1. The summed E-state index contributed by atoms with van der Waals surface area (Å²) < 4.78 is 5.48. The number of amides is 2. The summed E-state index contributed by atoms with van der Waals surface area (Å²) in [4.78, 5) is 30.8. The molecule has 2 aromatic rings. The zero-order valence-corrected chi connectivity index (χ0v) is 15.5. The van der Waals surface area contributed by atoms with Gasteiger partial charge in [-0.2, -0.15) is 0 Å². The number of aromatic nitrogens is 1. The third-order valence-corrected chi connectivity index (χ3v) is 4.48. The molecule has 6 nitrogen and oxygen atoms in total. The summed E-state index contributed by atoms with van der Waals surface area (Å²) in [5.41, 5.74) is 6.99. The number of likely N-dealkylation sites (tertiary alicyclic amines) is 1. The van der Waals surface area contributed by atoms with E-state index >= 15 is 0 Å². The zero-order valence-electron chi connectivity index (χ0n) is 15.5. The summed E-state index contributed by atoms with van der Waals surface area (Å²) in [5.74, 6) is -0.531. The van der Waals surface area contributed by atoms with Crippen LogP contribution in [0.25, 0.3) is 10.9 Å². The molecule has 0 radical (unpaired) electrons. The van der Waals surface area contributed by atoms with Crippen LogP contribution in [0.15, 0.2) is 30.3 Å². The second kappa shape index (κ2) is 6.94. The van der Waals surface area contributed by atoms with E-state index in [1.54, 1.807) is 11.0 Å². The van der Waals surface area contributed by atoms with Crippen LogP contribution in [0.3, 0.4) is 0 Å². The minimum Gasteiger partial charge on any atom is -0.444 e. The molecular formula is C20H25N3O3. The normalized spacial score (nSPS) is 18.0. The van der Waals surface area contributed by atoms with Gasteiger partial charge in [0.05, 0.1) is 16.8 Å². The van der Waals surface area contributed by atoms with Crippen LogP contribution in [0.4, 0.5) is 4.79 Å². The van der Waals surface area contributed by atoms with E-state index in [0.29, 0.717) is 24.3 Å². The number of ether oxygens (including phenoxy) is 1. The lowest BCUT2D eigenvalue weighted by molar-refractivity contribution is 0.0197. The summed E-state index contributed by atoms with van der Waals surface area (Å²) in [6.07, 6.45) is 1.35. The molecule has 1 aromatic carbocycles. The van der Waals surface area contributed by atoms with E-state index < -0.39 is 11.5 Å². The number of hydrogen-bond donors (Lipinski definition) is 1. The first-order chi connectivity index (χ1) is 12.2. The minimum atomic E-state index is -0.538. The summed E-state index contributed by atoms with van der Waals surface area (Å²) in [6.45, 7) is 6.67. The molecule has 6 heteroatoms. The lowest BCUT2D eigenvalue weighted by Gasteiger charge is -2.34. The van der Waals surface area contributed by atoms with Crippen molar-refractivity contribution in [2.24, 2.45) is 5.73 Å². The zero-order chi connectivity index (χ0) is 18.9. The van der Waals surface area contributed by atoms with E-state index in [0.717, 1.165) is 23.7 Å². The van der Waals surface area contributed by atoms with E-state index in [2.05, 4.69) is 0 Å². The molecule has 0 unspecified atom stereocenters. The van der Waals surface area contributed by atoms with Crippen LogP contribution in [0.1, 0.15) is 55.6 Å². The van der Waals surface area contributed by atoms with E-state index in [4.69, 9.17) is 15.5 Å². The number of carbonyl (C=O) groups is 2. The molecule has 138 valence electrons. The number of nitrogens with two attached hydrogens (primary N) is 1. The monoisotopic (exact) mass is 355 g/mol. The van der Waals surface area contributed by atoms with Gasteiger partial charge in [0, 0.05) is 24.4 Å². The molecule has 2 amide bonds. The van der Waals surface area contributed by atoms with Crippen molar-refractivity contribution in [3.63, 3.8) is 0 Å². The molecule has 2 heterocycles. The van der Waals surface area contributed by atoms with Gasteiger partial charge in [0.15, 0.2) is 0 Å². The van der Waals surface area contributed by atoms with Crippen molar-refractivity contribution in [3.8, 4) is 0 Å². The maximum Gasteiger partial charge on any atom is 0.410 e. The smallest absolute Gasteiger partial charge is 0.410 e. The first-order valence-electron chi connectivity index (χ1n) is 8.92. The SMILES string of the molecule is CC(C)(C)OC(=O)N1CCC[C@H](c2nc3ccccc3cc2C(N)=O)C1. The lowest BCUT2D eigenvalue weighted by Crippen LogP contribution is -2.42. The molecule has 1 saturated heterocycles. The molecular weight excluding hydrogens is 330 g/mol. The summed E-state index contributed by atoms with van der Waals surface area (Å²) in [6, 6.07) is 9.44. The number of benzene rings is 1. The number of fused-ring (bicyclic) bond motifs is 1. The standard InChI is InChI=1S/C20H25N3O3/c1-20(2,3)26-19(25)23-10-6-8-14(12-23)17-15(18(21)24)11-13-7-4-5-9-16(13)22-17/h4-5,7,9,11,14H,6,8,10,12H2,1-3H3,(H2,21,24)/t14-/m0/s1. The fraction of sp³-hybridized carbons (Fsp3) is 0.450. The van der Waals surface area contributed by atoms with Crippen molar-refractivity contribution in [2.45, 2.75) is 45.1 Å². The Morgan fingerprint density at radius 2 is 2.00 bits per heavy atom. The van der Waals surface area contributed by atoms with Gasteiger partial charge >= 0.3 is 6.09 Å². The first kappa shape index (κ1) is 18.2. The van der Waals surface area contributed by atoms with E-state index in [-0.39, 0.29) is 12.0 Å². The maximum atomic E-state index is 12.4. The Bertz CT molecular complexity index is 842. The van der Waals surface area contributed by atoms with Crippen LogP contribution in [0.2, 0.25) is 0 Å². The molecule has 1 atom stereocenters. The number of rotatable bonds is 2. The Hall–Kier alpha value is -2.63. The van der Waals surface area contributed by atoms with Crippen molar-refractivity contribution < 1.29 is 14.3 Å². The molecule has 1 aromatic heterocycles. The second-order valence-corrected chi connectivity index (χ2v) is 7.74. The molecule has 2 N–H and O–H groups in total. The molecule has 0 bridgehead atoms. The lowest BCUT2D eigenvalue weighted by atomic mass is 9.90. The Morgan fingerprint density at radius 1 is 1.27 bits per heavy atom. The Balaban J connectivity index is 1.91. The Kier molecular flexibility index (Phi) is 4.85. The van der Waals surface area contributed by atoms with Crippen LogP contribution in [0.5, 0.6) is 0 Å². The highest BCUT2D eigenvalue weighted by atomic mass is 16.6. The van der Waals surface area contributed by atoms with Gasteiger partial charge in [-0.25, -0.2) is 4.79 Å². The van der Waals surface area contributed by atoms with E-state index in [1.807, 2.05) is 45.0 Å². The van der Waals surface area contributed by atoms with Crippen molar-refractivity contribution in [1.82, 2.24) is 9.88 Å². The fourth-order valence-electron chi connectivity index (χ4n) is 3.33. The molecule has 0 aliphatic carbocycles. The van der Waals surface area contributed by atoms with Crippen molar-refractivity contribution >= 4 is 22.9 Å². The Labute approximate surface area is 153 Å². The maximum absolute atomic E-state index is 12.4. The predicted octanol–water partition coefficient (Wildman–Crippen LogP) is 3.45. The topological polar surface area (TPSA) is 85.5 Å². The molecule has 1 fully saturated rings. The molecule has 1 aliphatic heterocycles. The highest BCUT2D eigenvalue weighted by molar-refractivity contribution is 5.97. The van der Waals surface area contributed by atoms with Gasteiger partial charge in [0.1, 0.15) is 5.60 Å². The average molecular weight is 355 g/mol. The van der Waals surface area contributed by atoms with Gasteiger partial charge in [-0.05, 0) is 45.7 Å². The highest BCUT2D eigenvalue weighted by Gasteiger charge is 2.31. The number of nitrogens with zero attached hydrogens (tertiary/aromatic N) is 2. The van der Waals surface area contributed by atoms with Crippen LogP contribution < -0.4 is 5.73 Å². The molecule has 0 spiro atoms. The first-order valence-corrected chi connectivity index (χ1v) is 8.92. The van der Waals surface area contributed by atoms with Crippen LogP contribution >= 0.6 is 0 Å².